The molecule has 2 rings (SSSR count). The highest BCUT2D eigenvalue weighted by Crippen LogP contribution is 2.18. The topological polar surface area (TPSA) is 34.2 Å². The third-order valence-electron chi connectivity index (χ3n) is 2.00. The van der Waals surface area contributed by atoms with E-state index in [0.29, 0.717) is 12.1 Å². The van der Waals surface area contributed by atoms with Gasteiger partial charge in [-0.15, -0.1) is 0 Å². The standard InChI is InChI=1S/C8H12N2OS/c1-6-2-7(4-11-6)10-8-3-9-12-5-8/h3,5-7,10H,2,4H2,1H3. The number of ether oxygens (including phenoxy) is 1. The van der Waals surface area contributed by atoms with Gasteiger partial charge in [-0.25, -0.2) is 0 Å². The van der Waals surface area contributed by atoms with E-state index in [2.05, 4.69) is 16.6 Å². The molecular weight excluding hydrogens is 172 g/mol. The first-order chi connectivity index (χ1) is 5.84. The van der Waals surface area contributed by atoms with E-state index in [1.54, 1.807) is 0 Å². The Hall–Kier alpha value is -0.610. The maximum absolute atomic E-state index is 5.43. The monoisotopic (exact) mass is 184 g/mol. The van der Waals surface area contributed by atoms with E-state index in [4.69, 9.17) is 4.74 Å². The molecule has 0 radical (unpaired) electrons. The molecular formula is C8H12N2OS. The number of nitrogens with zero attached hydrogens (tertiary/aromatic N) is 1. The lowest BCUT2D eigenvalue weighted by atomic mass is 10.2. The Morgan fingerprint density at radius 2 is 2.67 bits per heavy atom. The molecule has 0 spiro atoms. The average Bonchev–Trinajstić information content (AvgIpc) is 2.63. The van der Waals surface area contributed by atoms with E-state index in [0.717, 1.165) is 18.7 Å². The van der Waals surface area contributed by atoms with E-state index < -0.39 is 0 Å². The predicted molar refractivity (Wildman–Crippen MR) is 49.6 cm³/mol. The number of hydrogen-bond acceptors (Lipinski definition) is 4. The van der Waals surface area contributed by atoms with Crippen molar-refractivity contribution >= 4 is 17.2 Å². The molecule has 0 bridgehead atoms. The van der Waals surface area contributed by atoms with Gasteiger partial charge < -0.3 is 10.1 Å². The quantitative estimate of drug-likeness (QED) is 0.760. The predicted octanol–water partition coefficient (Wildman–Crippen LogP) is 1.73. The smallest absolute Gasteiger partial charge is 0.0672 e. The van der Waals surface area contributed by atoms with Crippen molar-refractivity contribution in [2.45, 2.75) is 25.5 Å². The van der Waals surface area contributed by atoms with Crippen LogP contribution in [0, 0.1) is 0 Å². The number of aromatic nitrogens is 1. The molecule has 1 saturated heterocycles. The number of rotatable bonds is 2. The van der Waals surface area contributed by atoms with Gasteiger partial charge in [0.25, 0.3) is 0 Å². The molecule has 0 aliphatic carbocycles. The van der Waals surface area contributed by atoms with Crippen molar-refractivity contribution in [3.8, 4) is 0 Å². The molecule has 1 N–H and O–H groups in total. The fourth-order valence-corrected chi connectivity index (χ4v) is 1.91. The maximum Gasteiger partial charge on any atom is 0.0672 e. The summed E-state index contributed by atoms with van der Waals surface area (Å²) < 4.78 is 9.46. The van der Waals surface area contributed by atoms with Crippen molar-refractivity contribution in [2.24, 2.45) is 0 Å². The number of hydrogen-bond donors (Lipinski definition) is 1. The highest BCUT2D eigenvalue weighted by Gasteiger charge is 2.21. The Morgan fingerprint density at radius 3 is 3.25 bits per heavy atom. The molecule has 1 aliphatic rings. The summed E-state index contributed by atoms with van der Waals surface area (Å²) in [7, 11) is 0. The molecule has 0 amide bonds. The van der Waals surface area contributed by atoms with Crippen LogP contribution in [-0.4, -0.2) is 23.1 Å². The van der Waals surface area contributed by atoms with Crippen LogP contribution in [0.5, 0.6) is 0 Å². The minimum Gasteiger partial charge on any atom is -0.378 e. The van der Waals surface area contributed by atoms with Crippen molar-refractivity contribution < 1.29 is 4.74 Å². The lowest BCUT2D eigenvalue weighted by molar-refractivity contribution is 0.124. The highest BCUT2D eigenvalue weighted by atomic mass is 32.1. The van der Waals surface area contributed by atoms with Gasteiger partial charge in [0.2, 0.25) is 0 Å². The summed E-state index contributed by atoms with van der Waals surface area (Å²) in [5.41, 5.74) is 1.11. The van der Waals surface area contributed by atoms with Crippen molar-refractivity contribution in [2.75, 3.05) is 11.9 Å². The molecule has 2 heterocycles. The van der Waals surface area contributed by atoms with Gasteiger partial charge in [-0.3, -0.25) is 0 Å². The van der Waals surface area contributed by atoms with Crippen LogP contribution in [0.1, 0.15) is 13.3 Å². The largest absolute Gasteiger partial charge is 0.378 e. The van der Waals surface area contributed by atoms with Crippen LogP contribution >= 0.6 is 11.5 Å². The Kier molecular flexibility index (Phi) is 2.28. The second-order valence-corrected chi connectivity index (χ2v) is 3.79. The normalized spacial score (nSPS) is 29.1. The van der Waals surface area contributed by atoms with Crippen LogP contribution in [0.3, 0.4) is 0 Å². The van der Waals surface area contributed by atoms with Crippen LogP contribution in [0.4, 0.5) is 5.69 Å². The molecule has 1 aliphatic heterocycles. The Morgan fingerprint density at radius 1 is 1.75 bits per heavy atom. The van der Waals surface area contributed by atoms with E-state index in [1.807, 2.05) is 11.6 Å². The molecule has 2 unspecified atom stereocenters. The van der Waals surface area contributed by atoms with Crippen LogP contribution in [-0.2, 0) is 4.74 Å². The maximum atomic E-state index is 5.43. The minimum atomic E-state index is 0.397. The third-order valence-corrected chi connectivity index (χ3v) is 2.59. The zero-order chi connectivity index (χ0) is 8.39. The zero-order valence-electron chi connectivity index (χ0n) is 6.99. The van der Waals surface area contributed by atoms with Crippen molar-refractivity contribution in [3.05, 3.63) is 11.6 Å². The Bertz CT molecular complexity index is 237. The second-order valence-electron chi connectivity index (χ2n) is 3.13. The fraction of sp³-hybridized carbons (Fsp3) is 0.625. The summed E-state index contributed by atoms with van der Waals surface area (Å²) in [4.78, 5) is 0. The van der Waals surface area contributed by atoms with Gasteiger partial charge in [0.15, 0.2) is 0 Å². The van der Waals surface area contributed by atoms with Crippen LogP contribution < -0.4 is 5.32 Å². The SMILES string of the molecule is CC1CC(Nc2cnsc2)CO1. The summed E-state index contributed by atoms with van der Waals surface area (Å²) in [5, 5.41) is 5.39. The molecule has 66 valence electrons. The Labute approximate surface area is 75.9 Å². The zero-order valence-corrected chi connectivity index (χ0v) is 7.80. The van der Waals surface area contributed by atoms with Crippen LogP contribution in [0.2, 0.25) is 0 Å². The van der Waals surface area contributed by atoms with E-state index in [1.165, 1.54) is 11.5 Å². The minimum absolute atomic E-state index is 0.397. The van der Waals surface area contributed by atoms with E-state index in [-0.39, 0.29) is 0 Å². The van der Waals surface area contributed by atoms with Crippen LogP contribution in [0.15, 0.2) is 11.6 Å². The number of anilines is 1. The molecule has 12 heavy (non-hydrogen) atoms. The van der Waals surface area contributed by atoms with Gasteiger partial charge in [-0.1, -0.05) is 0 Å². The molecule has 2 atom stereocenters. The summed E-state index contributed by atoms with van der Waals surface area (Å²) in [6, 6.07) is 0.469. The fourth-order valence-electron chi connectivity index (χ4n) is 1.43. The first kappa shape index (κ1) is 8.01. The first-order valence-corrected chi connectivity index (χ1v) is 4.96. The molecule has 0 saturated carbocycles. The van der Waals surface area contributed by atoms with Gasteiger partial charge in [0.1, 0.15) is 0 Å². The highest BCUT2D eigenvalue weighted by molar-refractivity contribution is 7.04. The number of nitrogens with one attached hydrogen (secondary N) is 1. The summed E-state index contributed by atoms with van der Waals surface area (Å²) in [5.74, 6) is 0. The van der Waals surface area contributed by atoms with Crippen molar-refractivity contribution in [1.29, 1.82) is 0 Å². The molecule has 4 heteroatoms. The van der Waals surface area contributed by atoms with Gasteiger partial charge in [0.05, 0.1) is 30.6 Å². The molecule has 3 nitrogen and oxygen atoms in total. The summed E-state index contributed by atoms with van der Waals surface area (Å²) in [6.07, 6.45) is 3.35. The van der Waals surface area contributed by atoms with Gasteiger partial charge in [0, 0.05) is 5.38 Å². The third kappa shape index (κ3) is 1.76. The average molecular weight is 184 g/mol. The van der Waals surface area contributed by atoms with Gasteiger partial charge >= 0.3 is 0 Å². The lowest BCUT2D eigenvalue weighted by Crippen LogP contribution is -2.18. The molecule has 1 fully saturated rings. The van der Waals surface area contributed by atoms with Gasteiger partial charge in [-0.05, 0) is 24.9 Å². The van der Waals surface area contributed by atoms with Crippen LogP contribution in [0.25, 0.3) is 0 Å². The molecule has 1 aromatic rings. The molecule has 1 aromatic heterocycles. The second kappa shape index (κ2) is 3.41. The van der Waals surface area contributed by atoms with E-state index in [9.17, 15) is 0 Å². The summed E-state index contributed by atoms with van der Waals surface area (Å²) in [6.45, 7) is 2.92. The van der Waals surface area contributed by atoms with Gasteiger partial charge in [-0.2, -0.15) is 4.37 Å². The first-order valence-electron chi connectivity index (χ1n) is 4.12. The van der Waals surface area contributed by atoms with E-state index >= 15 is 0 Å². The van der Waals surface area contributed by atoms with Crippen molar-refractivity contribution in [3.63, 3.8) is 0 Å². The lowest BCUT2D eigenvalue weighted by Gasteiger charge is -2.08. The van der Waals surface area contributed by atoms with Crippen molar-refractivity contribution in [1.82, 2.24) is 4.37 Å². The summed E-state index contributed by atoms with van der Waals surface area (Å²) >= 11 is 1.47. The molecule has 0 aromatic carbocycles. The Balaban J connectivity index is 1.88.